The van der Waals surface area contributed by atoms with Crippen LogP contribution in [-0.4, -0.2) is 20.8 Å². The van der Waals surface area contributed by atoms with Crippen molar-refractivity contribution in [3.63, 3.8) is 0 Å². The molecule has 1 aliphatic rings. The van der Waals surface area contributed by atoms with Crippen molar-refractivity contribution in [2.45, 2.75) is 12.8 Å². The molecule has 1 fully saturated rings. The van der Waals surface area contributed by atoms with Crippen LogP contribution < -0.4 is 0 Å². The summed E-state index contributed by atoms with van der Waals surface area (Å²) in [6.45, 7) is 3.92. The Morgan fingerprint density at radius 2 is 2.20 bits per heavy atom. The second kappa shape index (κ2) is 2.72. The van der Waals surface area contributed by atoms with Gasteiger partial charge >= 0.3 is 0 Å². The Kier molecular flexibility index (Phi) is 2.11. The molecule has 1 rings (SSSR count). The van der Waals surface area contributed by atoms with E-state index in [1.54, 1.807) is 0 Å². The molecule has 3 nitrogen and oxygen atoms in total. The van der Waals surface area contributed by atoms with E-state index < -0.39 is 10.1 Å². The summed E-state index contributed by atoms with van der Waals surface area (Å²) in [4.78, 5) is 0. The highest BCUT2D eigenvalue weighted by Gasteiger charge is 2.16. The molecule has 0 aromatic heterocycles. The molecule has 10 heavy (non-hydrogen) atoms. The Morgan fingerprint density at radius 3 is 2.90 bits per heavy atom. The molecule has 0 aliphatic carbocycles. The van der Waals surface area contributed by atoms with Crippen LogP contribution in [0.2, 0.25) is 0 Å². The topological polar surface area (TPSA) is 43.4 Å². The molecule has 1 aliphatic heterocycles. The Balaban J connectivity index is 2.73. The Labute approximate surface area is 60.8 Å². The predicted molar refractivity (Wildman–Crippen MR) is 38.1 cm³/mol. The van der Waals surface area contributed by atoms with E-state index >= 15 is 0 Å². The molecular formula is C6H10O3S. The van der Waals surface area contributed by atoms with Gasteiger partial charge in [0.15, 0.2) is 0 Å². The lowest BCUT2D eigenvalue weighted by atomic mass is 10.2. The number of rotatable bonds is 0. The van der Waals surface area contributed by atoms with Crippen molar-refractivity contribution >= 4 is 10.1 Å². The average molecular weight is 162 g/mol. The van der Waals surface area contributed by atoms with Crippen LogP contribution in [0.4, 0.5) is 0 Å². The summed E-state index contributed by atoms with van der Waals surface area (Å²) in [5, 5.41) is 0. The molecule has 1 saturated heterocycles. The molecule has 0 N–H and O–H groups in total. The van der Waals surface area contributed by atoms with Gasteiger partial charge in [0.05, 0.1) is 12.4 Å². The first-order valence-electron chi connectivity index (χ1n) is 3.14. The third-order valence-corrected chi connectivity index (χ3v) is 2.61. The van der Waals surface area contributed by atoms with E-state index in [2.05, 4.69) is 10.8 Å². The van der Waals surface area contributed by atoms with Gasteiger partial charge in [-0.05, 0) is 12.8 Å². The molecule has 4 heteroatoms. The van der Waals surface area contributed by atoms with Gasteiger partial charge in [-0.15, -0.1) is 0 Å². The normalized spacial score (nSPS) is 25.8. The SMILES string of the molecule is C=C1CCCOS(=O)(=O)C1. The van der Waals surface area contributed by atoms with Gasteiger partial charge in [0.1, 0.15) is 0 Å². The second-order valence-corrected chi connectivity index (χ2v) is 4.02. The van der Waals surface area contributed by atoms with Gasteiger partial charge in [-0.25, -0.2) is 0 Å². The van der Waals surface area contributed by atoms with E-state index in [-0.39, 0.29) is 5.75 Å². The van der Waals surface area contributed by atoms with Crippen molar-refractivity contribution < 1.29 is 12.6 Å². The van der Waals surface area contributed by atoms with Gasteiger partial charge in [0.2, 0.25) is 0 Å². The zero-order valence-corrected chi connectivity index (χ0v) is 6.49. The summed E-state index contributed by atoms with van der Waals surface area (Å²) in [7, 11) is -3.27. The summed E-state index contributed by atoms with van der Waals surface area (Å²) in [6.07, 6.45) is 1.53. The first-order valence-corrected chi connectivity index (χ1v) is 4.72. The van der Waals surface area contributed by atoms with E-state index in [4.69, 9.17) is 0 Å². The lowest BCUT2D eigenvalue weighted by molar-refractivity contribution is 0.321. The van der Waals surface area contributed by atoms with Gasteiger partial charge in [-0.1, -0.05) is 12.2 Å². The van der Waals surface area contributed by atoms with E-state index in [0.717, 1.165) is 18.4 Å². The highest BCUT2D eigenvalue weighted by molar-refractivity contribution is 7.86. The monoisotopic (exact) mass is 162 g/mol. The van der Waals surface area contributed by atoms with E-state index in [1.165, 1.54) is 0 Å². The molecule has 0 unspecified atom stereocenters. The lowest BCUT2D eigenvalue weighted by Gasteiger charge is -1.97. The third-order valence-electron chi connectivity index (χ3n) is 1.32. The van der Waals surface area contributed by atoms with Crippen molar-refractivity contribution in [2.75, 3.05) is 12.4 Å². The van der Waals surface area contributed by atoms with Crippen molar-refractivity contribution in [3.05, 3.63) is 12.2 Å². The van der Waals surface area contributed by atoms with Gasteiger partial charge in [0.25, 0.3) is 10.1 Å². The average Bonchev–Trinajstić information content (AvgIpc) is 1.90. The molecule has 0 saturated carbocycles. The first kappa shape index (κ1) is 7.75. The van der Waals surface area contributed by atoms with E-state index in [1.807, 2.05) is 0 Å². The summed E-state index contributed by atoms with van der Waals surface area (Å²) in [5.74, 6) is -0.00694. The molecular weight excluding hydrogens is 152 g/mol. The van der Waals surface area contributed by atoms with E-state index in [0.29, 0.717) is 6.61 Å². The van der Waals surface area contributed by atoms with Crippen LogP contribution in [0.5, 0.6) is 0 Å². The fourth-order valence-corrected chi connectivity index (χ4v) is 1.97. The van der Waals surface area contributed by atoms with Crippen molar-refractivity contribution in [1.82, 2.24) is 0 Å². The van der Waals surface area contributed by atoms with Crippen LogP contribution in [0.3, 0.4) is 0 Å². The van der Waals surface area contributed by atoms with Gasteiger partial charge < -0.3 is 0 Å². The Bertz CT molecular complexity index is 227. The fourth-order valence-electron chi connectivity index (χ4n) is 0.872. The van der Waals surface area contributed by atoms with Gasteiger partial charge in [-0.3, -0.25) is 4.18 Å². The van der Waals surface area contributed by atoms with Gasteiger partial charge in [0, 0.05) is 0 Å². The van der Waals surface area contributed by atoms with Crippen LogP contribution in [0.15, 0.2) is 12.2 Å². The number of hydrogen-bond acceptors (Lipinski definition) is 3. The molecule has 0 radical (unpaired) electrons. The molecule has 1 heterocycles. The minimum Gasteiger partial charge on any atom is -0.270 e. The second-order valence-electron chi connectivity index (χ2n) is 2.38. The highest BCUT2D eigenvalue weighted by atomic mass is 32.2. The Morgan fingerprint density at radius 1 is 1.50 bits per heavy atom. The molecule has 58 valence electrons. The van der Waals surface area contributed by atoms with Crippen molar-refractivity contribution in [3.8, 4) is 0 Å². The zero-order valence-electron chi connectivity index (χ0n) is 5.67. The third kappa shape index (κ3) is 2.11. The van der Waals surface area contributed by atoms with Gasteiger partial charge in [-0.2, -0.15) is 8.42 Å². The van der Waals surface area contributed by atoms with Crippen LogP contribution >= 0.6 is 0 Å². The highest BCUT2D eigenvalue weighted by Crippen LogP contribution is 2.12. The maximum atomic E-state index is 10.8. The maximum Gasteiger partial charge on any atom is 0.271 e. The van der Waals surface area contributed by atoms with Crippen LogP contribution in [0.1, 0.15) is 12.8 Å². The zero-order chi connectivity index (χ0) is 7.61. The summed E-state index contributed by atoms with van der Waals surface area (Å²) < 4.78 is 26.2. The smallest absolute Gasteiger partial charge is 0.270 e. The molecule has 0 atom stereocenters. The fraction of sp³-hybridized carbons (Fsp3) is 0.667. The van der Waals surface area contributed by atoms with Crippen molar-refractivity contribution in [1.29, 1.82) is 0 Å². The summed E-state index contributed by atoms with van der Waals surface area (Å²) >= 11 is 0. The molecule has 0 amide bonds. The first-order chi connectivity index (χ1) is 4.60. The summed E-state index contributed by atoms with van der Waals surface area (Å²) in [6, 6.07) is 0. The summed E-state index contributed by atoms with van der Waals surface area (Å²) in [5.41, 5.74) is 0.748. The predicted octanol–water partition coefficient (Wildman–Crippen LogP) is 0.683. The Hall–Kier alpha value is -0.350. The minimum atomic E-state index is -3.27. The van der Waals surface area contributed by atoms with Crippen LogP contribution in [-0.2, 0) is 14.3 Å². The molecule has 0 aromatic rings. The van der Waals surface area contributed by atoms with E-state index in [9.17, 15) is 8.42 Å². The largest absolute Gasteiger partial charge is 0.271 e. The van der Waals surface area contributed by atoms with Crippen LogP contribution in [0.25, 0.3) is 0 Å². The minimum absolute atomic E-state index is 0.00694. The molecule has 0 spiro atoms. The molecule has 0 aromatic carbocycles. The quantitative estimate of drug-likeness (QED) is 0.388. The number of hydrogen-bond donors (Lipinski definition) is 0. The van der Waals surface area contributed by atoms with Crippen LogP contribution in [0, 0.1) is 0 Å². The molecule has 0 bridgehead atoms. The van der Waals surface area contributed by atoms with Crippen molar-refractivity contribution in [2.24, 2.45) is 0 Å². The maximum absolute atomic E-state index is 10.8. The lowest BCUT2D eigenvalue weighted by Crippen LogP contribution is -2.08. The standard InChI is InChI=1S/C6H10O3S/c1-6-3-2-4-9-10(7,8)5-6/h1-5H2.